The lowest BCUT2D eigenvalue weighted by Gasteiger charge is -2.31. The summed E-state index contributed by atoms with van der Waals surface area (Å²) in [6.45, 7) is 7.81. The maximum atomic E-state index is 13.4. The molecule has 0 saturated heterocycles. The van der Waals surface area contributed by atoms with E-state index in [9.17, 15) is 24.0 Å². The third kappa shape index (κ3) is 12.2. The van der Waals surface area contributed by atoms with E-state index >= 15 is 0 Å². The number of carbonyl (C=O) groups excluding carboxylic acids is 5. The van der Waals surface area contributed by atoms with Crippen LogP contribution < -0.4 is 21.3 Å². The van der Waals surface area contributed by atoms with Crippen LogP contribution in [-0.4, -0.2) is 54.0 Å². The summed E-state index contributed by atoms with van der Waals surface area (Å²) in [6, 6.07) is 14.9. The number of alkyl carbamates (subject to hydrolysis) is 2. The number of ether oxygens (including phenoxy) is 2. The predicted octanol–water partition coefficient (Wildman–Crippen LogP) is 4.39. The summed E-state index contributed by atoms with van der Waals surface area (Å²) in [5, 5.41) is 10.8. The molecule has 1 aliphatic rings. The SMILES string of the molecule is CC(C)C[C@H](NC(=O)OCc1ccccc1)C(=O)N[C@@H]1CCC[C@@H](NC(=O)[C@H](CC(C)C)NC(=O)OCc2ccccc2)C1=O. The zero-order valence-electron chi connectivity index (χ0n) is 26.5. The largest absolute Gasteiger partial charge is 0.445 e. The third-order valence-corrected chi connectivity index (χ3v) is 7.36. The Kier molecular flexibility index (Phi) is 13.9. The third-order valence-electron chi connectivity index (χ3n) is 7.36. The van der Waals surface area contributed by atoms with E-state index in [1.807, 2.05) is 88.4 Å². The molecule has 11 heteroatoms. The van der Waals surface area contributed by atoms with Gasteiger partial charge in [-0.3, -0.25) is 14.4 Å². The fourth-order valence-corrected chi connectivity index (χ4v) is 5.10. The van der Waals surface area contributed by atoms with Crippen molar-refractivity contribution in [3.8, 4) is 0 Å². The van der Waals surface area contributed by atoms with Crippen molar-refractivity contribution in [2.45, 2.75) is 97.2 Å². The van der Waals surface area contributed by atoms with Crippen LogP contribution in [0.15, 0.2) is 60.7 Å². The molecule has 0 spiro atoms. The average Bonchev–Trinajstić information content (AvgIpc) is 3.01. The Morgan fingerprint density at radius 3 is 1.40 bits per heavy atom. The molecule has 11 nitrogen and oxygen atoms in total. The van der Waals surface area contributed by atoms with Crippen LogP contribution in [0.25, 0.3) is 0 Å². The molecule has 4 atom stereocenters. The van der Waals surface area contributed by atoms with Crippen molar-refractivity contribution in [2.24, 2.45) is 11.8 Å². The van der Waals surface area contributed by atoms with E-state index in [-0.39, 0.29) is 30.8 Å². The first-order chi connectivity index (χ1) is 21.5. The van der Waals surface area contributed by atoms with Gasteiger partial charge in [-0.05, 0) is 55.1 Å². The summed E-state index contributed by atoms with van der Waals surface area (Å²) in [7, 11) is 0. The van der Waals surface area contributed by atoms with E-state index in [1.165, 1.54) is 0 Å². The highest BCUT2D eigenvalue weighted by atomic mass is 16.6. The molecule has 0 heterocycles. The minimum absolute atomic E-state index is 0.0581. The van der Waals surface area contributed by atoms with Crippen LogP contribution in [0.4, 0.5) is 9.59 Å². The number of benzene rings is 2. The molecule has 2 aromatic rings. The van der Waals surface area contributed by atoms with Gasteiger partial charge in [0.2, 0.25) is 11.8 Å². The van der Waals surface area contributed by atoms with E-state index in [2.05, 4.69) is 21.3 Å². The van der Waals surface area contributed by atoms with Crippen molar-refractivity contribution in [3.05, 3.63) is 71.8 Å². The monoisotopic (exact) mass is 622 g/mol. The Morgan fingerprint density at radius 2 is 1.04 bits per heavy atom. The molecular weight excluding hydrogens is 576 g/mol. The van der Waals surface area contributed by atoms with E-state index in [1.54, 1.807) is 0 Å². The summed E-state index contributed by atoms with van der Waals surface area (Å²) >= 11 is 0. The van der Waals surface area contributed by atoms with Crippen LogP contribution >= 0.6 is 0 Å². The number of hydrogen-bond donors (Lipinski definition) is 4. The maximum absolute atomic E-state index is 13.4. The second kappa shape index (κ2) is 17.8. The molecule has 2 aromatic carbocycles. The van der Waals surface area contributed by atoms with Crippen LogP contribution in [0.3, 0.4) is 0 Å². The van der Waals surface area contributed by atoms with Gasteiger partial charge in [0.25, 0.3) is 0 Å². The zero-order valence-corrected chi connectivity index (χ0v) is 26.5. The van der Waals surface area contributed by atoms with Gasteiger partial charge in [-0.2, -0.15) is 0 Å². The van der Waals surface area contributed by atoms with Crippen LogP contribution in [0.5, 0.6) is 0 Å². The topological polar surface area (TPSA) is 152 Å². The summed E-state index contributed by atoms with van der Waals surface area (Å²) in [5.41, 5.74) is 1.63. The first-order valence-electron chi connectivity index (χ1n) is 15.6. The number of rotatable bonds is 14. The molecule has 4 N–H and O–H groups in total. The lowest BCUT2D eigenvalue weighted by atomic mass is 9.88. The lowest BCUT2D eigenvalue weighted by molar-refractivity contribution is -0.134. The minimum Gasteiger partial charge on any atom is -0.445 e. The normalized spacial score (nSPS) is 17.6. The molecule has 4 amide bonds. The van der Waals surface area contributed by atoms with Gasteiger partial charge in [-0.15, -0.1) is 0 Å². The summed E-state index contributed by atoms with van der Waals surface area (Å²) in [5.74, 6) is -1.16. The molecule has 244 valence electrons. The van der Waals surface area contributed by atoms with E-state index in [0.717, 1.165) is 11.1 Å². The zero-order chi connectivity index (χ0) is 32.8. The fourth-order valence-electron chi connectivity index (χ4n) is 5.10. The van der Waals surface area contributed by atoms with Crippen molar-refractivity contribution >= 4 is 29.8 Å². The minimum atomic E-state index is -0.905. The first-order valence-corrected chi connectivity index (χ1v) is 15.6. The van der Waals surface area contributed by atoms with Gasteiger partial charge >= 0.3 is 12.2 Å². The van der Waals surface area contributed by atoms with Gasteiger partial charge < -0.3 is 30.7 Å². The molecule has 1 aliphatic carbocycles. The molecule has 1 saturated carbocycles. The van der Waals surface area contributed by atoms with Crippen LogP contribution in [-0.2, 0) is 37.1 Å². The number of hydrogen-bond acceptors (Lipinski definition) is 7. The second-order valence-electron chi connectivity index (χ2n) is 12.2. The van der Waals surface area contributed by atoms with E-state index in [0.29, 0.717) is 32.1 Å². The van der Waals surface area contributed by atoms with E-state index in [4.69, 9.17) is 9.47 Å². The summed E-state index contributed by atoms with van der Waals surface area (Å²) in [6.07, 6.45) is 0.625. The summed E-state index contributed by atoms with van der Waals surface area (Å²) < 4.78 is 10.6. The Hall–Kier alpha value is -4.41. The van der Waals surface area contributed by atoms with Gasteiger partial charge in [0.15, 0.2) is 5.78 Å². The van der Waals surface area contributed by atoms with Crippen molar-refractivity contribution in [1.29, 1.82) is 0 Å². The van der Waals surface area contributed by atoms with Gasteiger partial charge in [0, 0.05) is 0 Å². The highest BCUT2D eigenvalue weighted by Gasteiger charge is 2.36. The highest BCUT2D eigenvalue weighted by molar-refractivity contribution is 5.98. The summed E-state index contributed by atoms with van der Waals surface area (Å²) in [4.78, 5) is 64.9. The maximum Gasteiger partial charge on any atom is 0.408 e. The quantitative estimate of drug-likeness (QED) is 0.244. The van der Waals surface area contributed by atoms with Crippen LogP contribution in [0.2, 0.25) is 0 Å². The molecule has 0 unspecified atom stereocenters. The molecule has 0 radical (unpaired) electrons. The van der Waals surface area contributed by atoms with Crippen LogP contribution in [0, 0.1) is 11.8 Å². The Balaban J connectivity index is 1.56. The molecule has 1 fully saturated rings. The first kappa shape index (κ1) is 35.1. The Labute approximate surface area is 265 Å². The molecule has 0 aliphatic heterocycles. The van der Waals surface area contributed by atoms with Crippen molar-refractivity contribution < 1.29 is 33.4 Å². The van der Waals surface area contributed by atoms with E-state index < -0.39 is 48.2 Å². The standard InChI is InChI=1S/C34H46N4O7/c1-22(2)18-28(37-33(42)44-20-24-12-7-5-8-13-24)31(40)35-26-16-11-17-27(30(26)39)36-32(41)29(19-23(3)4)38-34(43)45-21-25-14-9-6-10-15-25/h5-10,12-15,22-23,26-29H,11,16-21H2,1-4H3,(H,35,40)(H,36,41)(H,37,42)(H,38,43)/t26-,27-,28+,29+/m1/s1. The molecule has 0 bridgehead atoms. The predicted molar refractivity (Wildman–Crippen MR) is 169 cm³/mol. The van der Waals surface area contributed by atoms with Gasteiger partial charge in [-0.25, -0.2) is 9.59 Å². The molecular formula is C34H46N4O7. The van der Waals surface area contributed by atoms with Gasteiger partial charge in [-0.1, -0.05) is 88.4 Å². The Bertz CT molecular complexity index is 1170. The number of Topliss-reactive ketones (excluding diaryl/α,β-unsaturated/α-hetero) is 1. The lowest BCUT2D eigenvalue weighted by Crippen LogP contribution is -2.59. The van der Waals surface area contributed by atoms with Crippen molar-refractivity contribution in [2.75, 3.05) is 0 Å². The number of nitrogens with one attached hydrogen (secondary N) is 4. The fraction of sp³-hybridized carbons (Fsp3) is 0.500. The molecule has 45 heavy (non-hydrogen) atoms. The Morgan fingerprint density at radius 1 is 0.667 bits per heavy atom. The average molecular weight is 623 g/mol. The van der Waals surface area contributed by atoms with Crippen molar-refractivity contribution in [3.63, 3.8) is 0 Å². The van der Waals surface area contributed by atoms with Gasteiger partial charge in [0.1, 0.15) is 25.3 Å². The second-order valence-corrected chi connectivity index (χ2v) is 12.2. The molecule has 0 aromatic heterocycles. The number of amides is 4. The van der Waals surface area contributed by atoms with Crippen LogP contribution in [0.1, 0.15) is 70.9 Å². The highest BCUT2D eigenvalue weighted by Crippen LogP contribution is 2.18. The molecule has 3 rings (SSSR count). The number of carbonyl (C=O) groups is 5. The smallest absolute Gasteiger partial charge is 0.408 e. The van der Waals surface area contributed by atoms with Gasteiger partial charge in [0.05, 0.1) is 12.1 Å². The van der Waals surface area contributed by atoms with Crippen molar-refractivity contribution in [1.82, 2.24) is 21.3 Å². The number of ketones is 1.